The summed E-state index contributed by atoms with van der Waals surface area (Å²) in [7, 11) is 0. The molecular formula is C14H19NO2. The highest BCUT2D eigenvalue weighted by atomic mass is 16.5. The molecule has 1 heterocycles. The standard InChI is InChI=1S/C14H19NO2/c1-3-17-14(16)10(2)11-4-5-13-9-15-7-6-12(13)8-11/h4-5,8,10,15H,3,6-7,9H2,1-2H3. The molecule has 0 amide bonds. The zero-order valence-electron chi connectivity index (χ0n) is 10.5. The number of benzene rings is 1. The van der Waals surface area contributed by atoms with Crippen LogP contribution in [0.2, 0.25) is 0 Å². The molecule has 1 aromatic rings. The van der Waals surface area contributed by atoms with Gasteiger partial charge in [-0.1, -0.05) is 18.2 Å². The van der Waals surface area contributed by atoms with E-state index in [1.807, 2.05) is 19.9 Å². The Balaban J connectivity index is 2.18. The molecule has 2 rings (SSSR count). The molecule has 0 bridgehead atoms. The Morgan fingerprint density at radius 3 is 3.06 bits per heavy atom. The molecule has 3 nitrogen and oxygen atoms in total. The van der Waals surface area contributed by atoms with Crippen LogP contribution in [0, 0.1) is 0 Å². The molecular weight excluding hydrogens is 214 g/mol. The maximum atomic E-state index is 11.7. The fourth-order valence-electron chi connectivity index (χ4n) is 2.17. The number of esters is 1. The van der Waals surface area contributed by atoms with Gasteiger partial charge >= 0.3 is 5.97 Å². The quantitative estimate of drug-likeness (QED) is 0.811. The van der Waals surface area contributed by atoms with Crippen LogP contribution in [0.1, 0.15) is 36.5 Å². The zero-order valence-corrected chi connectivity index (χ0v) is 10.5. The van der Waals surface area contributed by atoms with Crippen LogP contribution in [0.5, 0.6) is 0 Å². The second kappa shape index (κ2) is 5.32. The van der Waals surface area contributed by atoms with E-state index in [0.29, 0.717) is 6.61 Å². The summed E-state index contributed by atoms with van der Waals surface area (Å²) in [5.41, 5.74) is 3.76. The summed E-state index contributed by atoms with van der Waals surface area (Å²) in [6.07, 6.45) is 1.04. The van der Waals surface area contributed by atoms with Gasteiger partial charge in [-0.2, -0.15) is 0 Å². The Morgan fingerprint density at radius 1 is 1.47 bits per heavy atom. The zero-order chi connectivity index (χ0) is 12.3. The van der Waals surface area contributed by atoms with Crippen molar-refractivity contribution in [1.29, 1.82) is 0 Å². The number of hydrogen-bond acceptors (Lipinski definition) is 3. The molecule has 0 saturated heterocycles. The molecule has 1 N–H and O–H groups in total. The molecule has 17 heavy (non-hydrogen) atoms. The Kier molecular flexibility index (Phi) is 3.79. The van der Waals surface area contributed by atoms with Gasteiger partial charge in [0.1, 0.15) is 0 Å². The van der Waals surface area contributed by atoms with Crippen molar-refractivity contribution in [1.82, 2.24) is 5.32 Å². The second-order valence-corrected chi connectivity index (χ2v) is 4.43. The van der Waals surface area contributed by atoms with Crippen LogP contribution in [0.4, 0.5) is 0 Å². The third-order valence-corrected chi connectivity index (χ3v) is 3.26. The Bertz CT molecular complexity index is 415. The predicted octanol–water partition coefficient (Wildman–Crippen LogP) is 2.00. The number of ether oxygens (including phenoxy) is 1. The molecule has 0 saturated carbocycles. The third-order valence-electron chi connectivity index (χ3n) is 3.26. The molecule has 1 aliphatic heterocycles. The minimum Gasteiger partial charge on any atom is -0.466 e. The van der Waals surface area contributed by atoms with Gasteiger partial charge in [0.25, 0.3) is 0 Å². The summed E-state index contributed by atoms with van der Waals surface area (Å²) in [6.45, 7) is 6.13. The fraction of sp³-hybridized carbons (Fsp3) is 0.500. The first-order chi connectivity index (χ1) is 8.22. The highest BCUT2D eigenvalue weighted by Gasteiger charge is 2.18. The largest absolute Gasteiger partial charge is 0.466 e. The SMILES string of the molecule is CCOC(=O)C(C)c1ccc2c(c1)CCNC2. The first kappa shape index (κ1) is 12.1. The lowest BCUT2D eigenvalue weighted by Gasteiger charge is -2.19. The minimum absolute atomic E-state index is 0.138. The number of hydrogen-bond donors (Lipinski definition) is 1. The van der Waals surface area contributed by atoms with E-state index in [1.54, 1.807) is 0 Å². The monoisotopic (exact) mass is 233 g/mol. The number of fused-ring (bicyclic) bond motifs is 1. The van der Waals surface area contributed by atoms with E-state index in [2.05, 4.69) is 17.4 Å². The van der Waals surface area contributed by atoms with E-state index in [0.717, 1.165) is 25.1 Å². The number of rotatable bonds is 3. The average Bonchev–Trinajstić information content (AvgIpc) is 2.37. The van der Waals surface area contributed by atoms with Crippen LogP contribution >= 0.6 is 0 Å². The van der Waals surface area contributed by atoms with Gasteiger partial charge in [0.15, 0.2) is 0 Å². The van der Waals surface area contributed by atoms with Crippen molar-refractivity contribution < 1.29 is 9.53 Å². The number of carbonyl (C=O) groups excluding carboxylic acids is 1. The van der Waals surface area contributed by atoms with Gasteiger partial charge < -0.3 is 10.1 Å². The molecule has 0 spiro atoms. The highest BCUT2D eigenvalue weighted by molar-refractivity contribution is 5.77. The molecule has 1 unspecified atom stereocenters. The van der Waals surface area contributed by atoms with Crippen LogP contribution in [0.15, 0.2) is 18.2 Å². The summed E-state index contributed by atoms with van der Waals surface area (Å²) >= 11 is 0. The summed E-state index contributed by atoms with van der Waals surface area (Å²) < 4.78 is 5.05. The lowest BCUT2D eigenvalue weighted by Crippen LogP contribution is -2.24. The summed E-state index contributed by atoms with van der Waals surface area (Å²) in [4.78, 5) is 11.7. The van der Waals surface area contributed by atoms with Crippen LogP contribution < -0.4 is 5.32 Å². The molecule has 1 aliphatic rings. The average molecular weight is 233 g/mol. The second-order valence-electron chi connectivity index (χ2n) is 4.43. The van der Waals surface area contributed by atoms with Crippen LogP contribution in [-0.2, 0) is 22.5 Å². The Morgan fingerprint density at radius 2 is 2.29 bits per heavy atom. The van der Waals surface area contributed by atoms with Crippen molar-refractivity contribution in [3.05, 3.63) is 34.9 Å². The van der Waals surface area contributed by atoms with Crippen molar-refractivity contribution >= 4 is 5.97 Å². The predicted molar refractivity (Wildman–Crippen MR) is 66.9 cm³/mol. The van der Waals surface area contributed by atoms with Crippen molar-refractivity contribution in [3.8, 4) is 0 Å². The van der Waals surface area contributed by atoms with E-state index in [4.69, 9.17) is 4.74 Å². The summed E-state index contributed by atoms with van der Waals surface area (Å²) in [5.74, 6) is -0.309. The normalized spacial score (nSPS) is 16.1. The minimum atomic E-state index is -0.171. The van der Waals surface area contributed by atoms with Crippen molar-refractivity contribution in [2.45, 2.75) is 32.7 Å². The molecule has 1 atom stereocenters. The molecule has 1 aromatic carbocycles. The molecule has 0 fully saturated rings. The molecule has 3 heteroatoms. The van der Waals surface area contributed by atoms with Gasteiger partial charge in [0.05, 0.1) is 12.5 Å². The topological polar surface area (TPSA) is 38.3 Å². The highest BCUT2D eigenvalue weighted by Crippen LogP contribution is 2.22. The van der Waals surface area contributed by atoms with Crippen molar-refractivity contribution in [3.63, 3.8) is 0 Å². The van der Waals surface area contributed by atoms with Crippen LogP contribution in [0.25, 0.3) is 0 Å². The summed E-state index contributed by atoms with van der Waals surface area (Å²) in [5, 5.41) is 3.34. The van der Waals surface area contributed by atoms with Gasteiger partial charge in [0, 0.05) is 6.54 Å². The van der Waals surface area contributed by atoms with Gasteiger partial charge in [-0.15, -0.1) is 0 Å². The van der Waals surface area contributed by atoms with Gasteiger partial charge in [-0.25, -0.2) is 0 Å². The summed E-state index contributed by atoms with van der Waals surface area (Å²) in [6, 6.07) is 6.30. The first-order valence-electron chi connectivity index (χ1n) is 6.21. The van der Waals surface area contributed by atoms with Gasteiger partial charge in [-0.3, -0.25) is 4.79 Å². The lowest BCUT2D eigenvalue weighted by atomic mass is 9.93. The van der Waals surface area contributed by atoms with E-state index in [9.17, 15) is 4.79 Å². The molecule has 0 radical (unpaired) electrons. The van der Waals surface area contributed by atoms with E-state index in [1.165, 1.54) is 11.1 Å². The Hall–Kier alpha value is -1.35. The maximum Gasteiger partial charge on any atom is 0.313 e. The molecule has 92 valence electrons. The van der Waals surface area contributed by atoms with Gasteiger partial charge in [0.2, 0.25) is 0 Å². The number of carbonyl (C=O) groups is 1. The van der Waals surface area contributed by atoms with E-state index < -0.39 is 0 Å². The fourth-order valence-corrected chi connectivity index (χ4v) is 2.17. The van der Waals surface area contributed by atoms with Crippen molar-refractivity contribution in [2.24, 2.45) is 0 Å². The van der Waals surface area contributed by atoms with E-state index >= 15 is 0 Å². The maximum absolute atomic E-state index is 11.7. The smallest absolute Gasteiger partial charge is 0.313 e. The first-order valence-corrected chi connectivity index (χ1v) is 6.21. The van der Waals surface area contributed by atoms with E-state index in [-0.39, 0.29) is 11.9 Å². The van der Waals surface area contributed by atoms with Crippen LogP contribution in [0.3, 0.4) is 0 Å². The van der Waals surface area contributed by atoms with Crippen molar-refractivity contribution in [2.75, 3.05) is 13.2 Å². The molecule has 0 aromatic heterocycles. The third kappa shape index (κ3) is 2.67. The lowest BCUT2D eigenvalue weighted by molar-refractivity contribution is -0.144. The Labute approximate surface area is 102 Å². The van der Waals surface area contributed by atoms with Gasteiger partial charge in [-0.05, 0) is 43.5 Å². The number of nitrogens with one attached hydrogen (secondary N) is 1. The van der Waals surface area contributed by atoms with Crippen LogP contribution in [-0.4, -0.2) is 19.1 Å². The molecule has 0 aliphatic carbocycles.